The van der Waals surface area contributed by atoms with Crippen LogP contribution in [0.25, 0.3) is 6.08 Å². The van der Waals surface area contributed by atoms with E-state index in [4.69, 9.17) is 4.74 Å². The van der Waals surface area contributed by atoms with Gasteiger partial charge in [0.2, 0.25) is 0 Å². The van der Waals surface area contributed by atoms with E-state index in [1.807, 2.05) is 0 Å². The maximum Gasteiger partial charge on any atom is 0.418 e. The summed E-state index contributed by atoms with van der Waals surface area (Å²) < 4.78 is 62.3. The predicted molar refractivity (Wildman–Crippen MR) is 123 cm³/mol. The summed E-state index contributed by atoms with van der Waals surface area (Å²) >= 11 is 0. The first kappa shape index (κ1) is 24.8. The van der Waals surface area contributed by atoms with Gasteiger partial charge in [-0.25, -0.2) is 4.39 Å². The molecule has 1 aliphatic rings. The standard InChI is InChI=1S/C25H28F4N2O2/c1-5-7-18-20(30-4)8-6-9-21(18)31-15-24(32,25(27,28)29)14-23(2,3)19-13-17(26)12-16-10-11-33-22(16)19/h5-9,12-13,31-32H,4,10-11,14-15H2,1-3H3/b7-5-/t24-/m1/s1. The molecule has 4 nitrogen and oxygen atoms in total. The summed E-state index contributed by atoms with van der Waals surface area (Å²) in [6.07, 6.45) is -1.71. The number of nitrogens with one attached hydrogen (secondary N) is 1. The van der Waals surface area contributed by atoms with Crippen molar-refractivity contribution in [3.8, 4) is 5.75 Å². The van der Waals surface area contributed by atoms with Crippen molar-refractivity contribution in [2.24, 2.45) is 4.99 Å². The first-order valence-corrected chi connectivity index (χ1v) is 10.6. The lowest BCUT2D eigenvalue weighted by atomic mass is 9.74. The molecular formula is C25H28F4N2O2. The lowest BCUT2D eigenvalue weighted by Gasteiger charge is -2.38. The minimum absolute atomic E-state index is 0.310. The molecule has 0 radical (unpaired) electrons. The van der Waals surface area contributed by atoms with Crippen molar-refractivity contribution in [1.29, 1.82) is 0 Å². The Kier molecular flexibility index (Phi) is 6.88. The molecule has 0 unspecified atom stereocenters. The molecule has 2 N–H and O–H groups in total. The molecule has 0 amide bonds. The number of halogens is 4. The summed E-state index contributed by atoms with van der Waals surface area (Å²) in [7, 11) is 0. The first-order chi connectivity index (χ1) is 15.4. The number of aliphatic hydroxyl groups is 1. The number of allylic oxidation sites excluding steroid dienone is 1. The Hall–Kier alpha value is -2.87. The van der Waals surface area contributed by atoms with Gasteiger partial charge >= 0.3 is 6.18 Å². The number of ether oxygens (including phenoxy) is 1. The van der Waals surface area contributed by atoms with E-state index in [1.165, 1.54) is 12.1 Å². The van der Waals surface area contributed by atoms with Crippen LogP contribution in [0.3, 0.4) is 0 Å². The molecule has 0 saturated heterocycles. The maximum atomic E-state index is 14.2. The highest BCUT2D eigenvalue weighted by molar-refractivity contribution is 5.77. The summed E-state index contributed by atoms with van der Waals surface area (Å²) in [5.41, 5.74) is -1.95. The SMILES string of the molecule is C=Nc1cccc(NC[C@](O)(CC(C)(C)c2cc(F)cc3c2OCC3)C(F)(F)F)c1/C=C\C. The van der Waals surface area contributed by atoms with Crippen molar-refractivity contribution in [2.75, 3.05) is 18.5 Å². The van der Waals surface area contributed by atoms with Gasteiger partial charge in [0.15, 0.2) is 5.60 Å². The molecule has 2 aromatic rings. The Balaban J connectivity index is 1.95. The highest BCUT2D eigenvalue weighted by Crippen LogP contribution is 2.46. The normalized spacial score (nSPS) is 15.8. The van der Waals surface area contributed by atoms with Crippen molar-refractivity contribution in [1.82, 2.24) is 0 Å². The molecule has 0 bridgehead atoms. The second-order valence-corrected chi connectivity index (χ2v) is 8.88. The van der Waals surface area contributed by atoms with Crippen LogP contribution < -0.4 is 10.1 Å². The quantitative estimate of drug-likeness (QED) is 0.361. The van der Waals surface area contributed by atoms with Crippen LogP contribution in [-0.2, 0) is 11.8 Å². The summed E-state index contributed by atoms with van der Waals surface area (Å²) in [5, 5.41) is 13.6. The third-order valence-corrected chi connectivity index (χ3v) is 5.90. The summed E-state index contributed by atoms with van der Waals surface area (Å²) in [6, 6.07) is 7.47. The second-order valence-electron chi connectivity index (χ2n) is 8.88. The zero-order valence-corrected chi connectivity index (χ0v) is 18.9. The van der Waals surface area contributed by atoms with E-state index < -0.39 is 36.0 Å². The van der Waals surface area contributed by atoms with Crippen molar-refractivity contribution < 1.29 is 27.4 Å². The first-order valence-electron chi connectivity index (χ1n) is 10.6. The molecular weight excluding hydrogens is 436 g/mol. The lowest BCUT2D eigenvalue weighted by molar-refractivity contribution is -0.260. The average molecular weight is 465 g/mol. The number of rotatable bonds is 8. The molecule has 0 aliphatic carbocycles. The highest BCUT2D eigenvalue weighted by atomic mass is 19.4. The van der Waals surface area contributed by atoms with E-state index in [0.717, 1.165) is 0 Å². The van der Waals surface area contributed by atoms with Crippen LogP contribution in [0.2, 0.25) is 0 Å². The third-order valence-electron chi connectivity index (χ3n) is 5.90. The highest BCUT2D eigenvalue weighted by Gasteiger charge is 2.56. The number of aliphatic imine (C=N–C) groups is 1. The molecule has 2 aromatic carbocycles. The molecule has 8 heteroatoms. The Morgan fingerprint density at radius 1 is 1.24 bits per heavy atom. The number of anilines is 1. The third kappa shape index (κ3) is 5.05. The second kappa shape index (κ2) is 9.17. The van der Waals surface area contributed by atoms with Crippen LogP contribution in [0.5, 0.6) is 5.75 Å². The van der Waals surface area contributed by atoms with Crippen LogP contribution in [0.1, 0.15) is 43.9 Å². The topological polar surface area (TPSA) is 53.9 Å². The van der Waals surface area contributed by atoms with Crippen LogP contribution in [-0.4, -0.2) is 36.8 Å². The van der Waals surface area contributed by atoms with E-state index >= 15 is 0 Å². The monoisotopic (exact) mass is 464 g/mol. The van der Waals surface area contributed by atoms with Gasteiger partial charge in [0.25, 0.3) is 0 Å². The van der Waals surface area contributed by atoms with E-state index in [1.54, 1.807) is 51.1 Å². The zero-order valence-electron chi connectivity index (χ0n) is 18.9. The van der Waals surface area contributed by atoms with Gasteiger partial charge < -0.3 is 15.2 Å². The molecule has 178 valence electrons. The summed E-state index contributed by atoms with van der Waals surface area (Å²) in [4.78, 5) is 3.91. The van der Waals surface area contributed by atoms with Gasteiger partial charge in [0.1, 0.15) is 11.6 Å². The summed E-state index contributed by atoms with van der Waals surface area (Å²) in [5.74, 6) is -0.139. The van der Waals surface area contributed by atoms with E-state index in [0.29, 0.717) is 46.8 Å². The van der Waals surface area contributed by atoms with Crippen molar-refractivity contribution >= 4 is 24.2 Å². The Bertz CT molecular complexity index is 1060. The minimum atomic E-state index is -4.94. The molecule has 3 rings (SSSR count). The molecule has 1 aliphatic heterocycles. The van der Waals surface area contributed by atoms with E-state index in [-0.39, 0.29) is 0 Å². The summed E-state index contributed by atoms with van der Waals surface area (Å²) in [6.45, 7) is 7.91. The number of hydrogen-bond acceptors (Lipinski definition) is 4. The fourth-order valence-electron chi connectivity index (χ4n) is 4.29. The molecule has 0 fully saturated rings. The Morgan fingerprint density at radius 2 is 1.97 bits per heavy atom. The molecule has 1 heterocycles. The number of fused-ring (bicyclic) bond motifs is 1. The number of nitrogens with zero attached hydrogens (tertiary/aromatic N) is 1. The van der Waals surface area contributed by atoms with Crippen molar-refractivity contribution in [3.63, 3.8) is 0 Å². The van der Waals surface area contributed by atoms with Gasteiger partial charge in [-0.05, 0) is 49.7 Å². The molecule has 1 atom stereocenters. The van der Waals surface area contributed by atoms with Crippen LogP contribution in [0.15, 0.2) is 41.4 Å². The van der Waals surface area contributed by atoms with Gasteiger partial charge in [-0.1, -0.05) is 32.1 Å². The molecule has 0 aromatic heterocycles. The van der Waals surface area contributed by atoms with Gasteiger partial charge in [-0.15, -0.1) is 0 Å². The largest absolute Gasteiger partial charge is 0.493 e. The predicted octanol–water partition coefficient (Wildman–Crippen LogP) is 6.20. The van der Waals surface area contributed by atoms with Crippen LogP contribution >= 0.6 is 0 Å². The number of alkyl halides is 3. The van der Waals surface area contributed by atoms with E-state index in [2.05, 4.69) is 17.0 Å². The van der Waals surface area contributed by atoms with Gasteiger partial charge in [-0.3, -0.25) is 4.99 Å². The van der Waals surface area contributed by atoms with Crippen LogP contribution in [0, 0.1) is 5.82 Å². The lowest BCUT2D eigenvalue weighted by Crippen LogP contribution is -2.53. The fraction of sp³-hybridized carbons (Fsp3) is 0.400. The van der Waals surface area contributed by atoms with Crippen molar-refractivity contribution in [2.45, 2.75) is 50.8 Å². The Labute approximate surface area is 191 Å². The minimum Gasteiger partial charge on any atom is -0.493 e. The van der Waals surface area contributed by atoms with Crippen molar-refractivity contribution in [3.05, 3.63) is 58.9 Å². The van der Waals surface area contributed by atoms with Gasteiger partial charge in [-0.2, -0.15) is 13.2 Å². The smallest absolute Gasteiger partial charge is 0.418 e. The zero-order chi connectivity index (χ0) is 24.4. The number of benzene rings is 2. The Morgan fingerprint density at radius 3 is 2.61 bits per heavy atom. The van der Waals surface area contributed by atoms with E-state index in [9.17, 15) is 22.7 Å². The average Bonchev–Trinajstić information content (AvgIpc) is 3.19. The van der Waals surface area contributed by atoms with Gasteiger partial charge in [0.05, 0.1) is 18.8 Å². The maximum absolute atomic E-state index is 14.2. The molecule has 0 saturated carbocycles. The fourth-order valence-corrected chi connectivity index (χ4v) is 4.29. The number of hydrogen-bond donors (Lipinski definition) is 2. The molecule has 33 heavy (non-hydrogen) atoms. The van der Waals surface area contributed by atoms with Gasteiger partial charge in [0, 0.05) is 28.8 Å². The molecule has 0 spiro atoms. The van der Waals surface area contributed by atoms with Crippen LogP contribution in [0.4, 0.5) is 28.9 Å².